The number of pyridine rings is 1. The Hall–Kier alpha value is -4.07. The molecule has 1 heteroatoms. The lowest BCUT2D eigenvalue weighted by Crippen LogP contribution is -2.01. The first kappa shape index (κ1) is 26.5. The van der Waals surface area contributed by atoms with Crippen molar-refractivity contribution in [1.82, 2.24) is 4.98 Å². The molecule has 36 heavy (non-hydrogen) atoms. The van der Waals surface area contributed by atoms with Crippen LogP contribution < -0.4 is 0 Å². The summed E-state index contributed by atoms with van der Waals surface area (Å²) >= 11 is 0. The number of nitrogens with zero attached hydrogens (tertiary/aromatic N) is 1. The quantitative estimate of drug-likeness (QED) is 0.239. The minimum atomic E-state index is 0.928. The van der Waals surface area contributed by atoms with Crippen molar-refractivity contribution in [2.24, 2.45) is 0 Å². The second kappa shape index (κ2) is 14.4. The van der Waals surface area contributed by atoms with Crippen LogP contribution in [-0.2, 0) is 25.7 Å². The molecule has 180 valence electrons. The van der Waals surface area contributed by atoms with Gasteiger partial charge in [-0.1, -0.05) is 106 Å². The molecule has 1 aromatic heterocycles. The van der Waals surface area contributed by atoms with Gasteiger partial charge in [0.25, 0.3) is 0 Å². The highest BCUT2D eigenvalue weighted by molar-refractivity contribution is 5.51. The average molecular weight is 470 g/mol. The van der Waals surface area contributed by atoms with Gasteiger partial charge in [-0.3, -0.25) is 0 Å². The van der Waals surface area contributed by atoms with Crippen LogP contribution in [0, 0.1) is 23.7 Å². The van der Waals surface area contributed by atoms with Gasteiger partial charge in [-0.25, -0.2) is 4.98 Å². The lowest BCUT2D eigenvalue weighted by atomic mass is 9.95. The van der Waals surface area contributed by atoms with E-state index in [1.807, 2.05) is 39.8 Å². The molecule has 1 nitrogen and oxygen atoms in total. The maximum atomic E-state index is 4.32. The van der Waals surface area contributed by atoms with E-state index in [1.165, 1.54) is 33.4 Å². The zero-order valence-corrected chi connectivity index (χ0v) is 21.9. The third-order valence-electron chi connectivity index (χ3n) is 5.92. The van der Waals surface area contributed by atoms with E-state index < -0.39 is 0 Å². The third-order valence-corrected chi connectivity index (χ3v) is 5.92. The number of benzene rings is 3. The summed E-state index contributed by atoms with van der Waals surface area (Å²) < 4.78 is 0. The highest BCUT2D eigenvalue weighted by Gasteiger charge is 2.07. The summed E-state index contributed by atoms with van der Waals surface area (Å²) in [5.41, 5.74) is 9.74. The molecule has 2 aliphatic carbocycles. The molecule has 0 unspecified atom stereocenters. The first-order valence-electron chi connectivity index (χ1n) is 13.1. The van der Waals surface area contributed by atoms with Crippen molar-refractivity contribution in [3.8, 4) is 23.7 Å². The standard InChI is InChI=1S/C16H12.C15H11N.2C2H6/c1-2-6-14-11-12-16-8-4-3-7-15(16)10-9-13(14)5-1;1-2-5-13-9-10-15-14(6-3-11-16-15)8-7-12(13)4-1;2*1-2/h1-8H,9-10H2;1-6,11H,7-8H2;2*1-2H3. The highest BCUT2D eigenvalue weighted by Crippen LogP contribution is 2.18. The number of hydrogen-bond acceptors (Lipinski definition) is 1. The second-order valence-electron chi connectivity index (χ2n) is 7.98. The van der Waals surface area contributed by atoms with Gasteiger partial charge in [-0.15, -0.1) is 0 Å². The maximum absolute atomic E-state index is 4.32. The van der Waals surface area contributed by atoms with Crippen molar-refractivity contribution in [3.05, 3.63) is 136 Å². The normalized spacial score (nSPS) is 11.4. The van der Waals surface area contributed by atoms with E-state index in [9.17, 15) is 0 Å². The Bertz CT molecular complexity index is 1180. The summed E-state index contributed by atoms with van der Waals surface area (Å²) in [6.07, 6.45) is 6.04. The summed E-state index contributed by atoms with van der Waals surface area (Å²) in [7, 11) is 0. The molecule has 0 spiro atoms. The molecule has 0 bridgehead atoms. The fourth-order valence-corrected chi connectivity index (χ4v) is 4.13. The summed E-state index contributed by atoms with van der Waals surface area (Å²) in [4.78, 5) is 4.32. The lowest BCUT2D eigenvalue weighted by molar-refractivity contribution is 0.937. The van der Waals surface area contributed by atoms with E-state index in [2.05, 4.69) is 101 Å². The average Bonchev–Trinajstić information content (AvgIpc) is 2.94. The van der Waals surface area contributed by atoms with Crippen molar-refractivity contribution < 1.29 is 0 Å². The number of hydrogen-bond donors (Lipinski definition) is 0. The van der Waals surface area contributed by atoms with E-state index in [0.717, 1.165) is 36.9 Å². The Morgan fingerprint density at radius 1 is 0.444 bits per heavy atom. The van der Waals surface area contributed by atoms with Crippen LogP contribution in [0.1, 0.15) is 72.3 Å². The summed E-state index contributed by atoms with van der Waals surface area (Å²) in [6, 6.07) is 29.3. The van der Waals surface area contributed by atoms with E-state index in [4.69, 9.17) is 0 Å². The molecule has 0 fully saturated rings. The molecule has 0 aliphatic heterocycles. The van der Waals surface area contributed by atoms with Crippen LogP contribution in [0.3, 0.4) is 0 Å². The molecular formula is C35H35N. The molecule has 6 rings (SSSR count). The van der Waals surface area contributed by atoms with Crippen molar-refractivity contribution in [2.45, 2.75) is 53.4 Å². The van der Waals surface area contributed by atoms with Gasteiger partial charge in [0, 0.05) is 22.9 Å². The van der Waals surface area contributed by atoms with Gasteiger partial charge >= 0.3 is 0 Å². The summed E-state index contributed by atoms with van der Waals surface area (Å²) in [5, 5.41) is 0. The molecule has 0 atom stereocenters. The molecule has 0 amide bonds. The van der Waals surface area contributed by atoms with Crippen LogP contribution in [0.4, 0.5) is 0 Å². The van der Waals surface area contributed by atoms with Gasteiger partial charge in [0.05, 0.1) is 0 Å². The molecule has 0 saturated carbocycles. The molecule has 0 N–H and O–H groups in total. The van der Waals surface area contributed by atoms with Gasteiger partial charge in [0.2, 0.25) is 0 Å². The minimum Gasteiger partial charge on any atom is -0.247 e. The monoisotopic (exact) mass is 469 g/mol. The molecule has 1 heterocycles. The van der Waals surface area contributed by atoms with Crippen molar-refractivity contribution >= 4 is 0 Å². The van der Waals surface area contributed by atoms with Crippen LogP contribution in [0.15, 0.2) is 91.1 Å². The van der Waals surface area contributed by atoms with Crippen molar-refractivity contribution in [2.75, 3.05) is 0 Å². The van der Waals surface area contributed by atoms with E-state index in [-0.39, 0.29) is 0 Å². The minimum absolute atomic E-state index is 0.928. The molecule has 3 aromatic carbocycles. The Morgan fingerprint density at radius 2 is 0.806 bits per heavy atom. The van der Waals surface area contributed by atoms with Crippen LogP contribution in [-0.4, -0.2) is 4.98 Å². The largest absolute Gasteiger partial charge is 0.247 e. The number of rotatable bonds is 0. The number of aryl methyl sites for hydroxylation is 4. The Balaban J connectivity index is 0.000000177. The molecule has 0 radical (unpaired) electrons. The first-order chi connectivity index (χ1) is 17.9. The summed E-state index contributed by atoms with van der Waals surface area (Å²) in [5.74, 6) is 12.9. The molecule has 4 aromatic rings. The predicted molar refractivity (Wildman–Crippen MR) is 153 cm³/mol. The molecule has 0 saturated heterocycles. The van der Waals surface area contributed by atoms with Gasteiger partial charge in [0.15, 0.2) is 0 Å². The van der Waals surface area contributed by atoms with E-state index in [0.29, 0.717) is 0 Å². The van der Waals surface area contributed by atoms with Crippen LogP contribution in [0.5, 0.6) is 0 Å². The SMILES string of the molecule is C1#Cc2ccccc2CCc2ccccc21.C1#Cc2ncccc2CCc2ccccc21.CC.CC. The molecule has 2 aliphatic rings. The highest BCUT2D eigenvalue weighted by atomic mass is 14.7. The smallest absolute Gasteiger partial charge is 0.116 e. The third kappa shape index (κ3) is 6.97. The zero-order chi connectivity index (χ0) is 25.6. The topological polar surface area (TPSA) is 12.9 Å². The Labute approximate surface area is 217 Å². The van der Waals surface area contributed by atoms with Gasteiger partial charge < -0.3 is 0 Å². The lowest BCUT2D eigenvalue weighted by Gasteiger charge is -2.09. The Morgan fingerprint density at radius 3 is 1.28 bits per heavy atom. The second-order valence-corrected chi connectivity index (χ2v) is 7.98. The van der Waals surface area contributed by atoms with Gasteiger partial charge in [-0.05, 0) is 78.1 Å². The first-order valence-corrected chi connectivity index (χ1v) is 13.1. The number of fused-ring (bicyclic) bond motifs is 4. The van der Waals surface area contributed by atoms with Crippen molar-refractivity contribution in [3.63, 3.8) is 0 Å². The Kier molecular flexibility index (Phi) is 10.6. The van der Waals surface area contributed by atoms with Crippen LogP contribution in [0.25, 0.3) is 0 Å². The predicted octanol–water partition coefficient (Wildman–Crippen LogP) is 7.82. The zero-order valence-electron chi connectivity index (χ0n) is 21.9. The fourth-order valence-electron chi connectivity index (χ4n) is 4.13. The van der Waals surface area contributed by atoms with Gasteiger partial charge in [0.1, 0.15) is 5.69 Å². The summed E-state index contributed by atoms with van der Waals surface area (Å²) in [6.45, 7) is 8.00. The van der Waals surface area contributed by atoms with Crippen LogP contribution in [0.2, 0.25) is 0 Å². The van der Waals surface area contributed by atoms with E-state index in [1.54, 1.807) is 6.20 Å². The van der Waals surface area contributed by atoms with Gasteiger partial charge in [-0.2, -0.15) is 0 Å². The fraction of sp³-hybridized carbons (Fsp3) is 0.229. The number of aromatic nitrogens is 1. The van der Waals surface area contributed by atoms with E-state index >= 15 is 0 Å². The van der Waals surface area contributed by atoms with Crippen molar-refractivity contribution in [1.29, 1.82) is 0 Å². The van der Waals surface area contributed by atoms with Crippen LogP contribution >= 0.6 is 0 Å². The maximum Gasteiger partial charge on any atom is 0.116 e. The molecular weight excluding hydrogens is 434 g/mol.